The monoisotopic (exact) mass is 422 g/mol. The molecule has 0 atom stereocenters. The van der Waals surface area contributed by atoms with E-state index in [1.165, 1.54) is 36.4 Å². The Morgan fingerprint density at radius 2 is 1.79 bits per heavy atom. The Balaban J connectivity index is 1.54. The largest absolute Gasteiger partial charge is 0.331 e. The van der Waals surface area contributed by atoms with Gasteiger partial charge in [-0.2, -0.15) is 0 Å². The molecule has 1 amide bonds. The van der Waals surface area contributed by atoms with Crippen molar-refractivity contribution < 1.29 is 17.6 Å². The number of amides is 1. The summed E-state index contributed by atoms with van der Waals surface area (Å²) in [5.41, 5.74) is 0.655. The van der Waals surface area contributed by atoms with Crippen LogP contribution in [-0.4, -0.2) is 31.3 Å². The van der Waals surface area contributed by atoms with Crippen molar-refractivity contribution in [2.45, 2.75) is 49.2 Å². The number of nitrogens with zero attached hydrogens (tertiary/aromatic N) is 1. The molecule has 0 unspecified atom stereocenters. The number of nitrogens with one attached hydrogen (secondary N) is 1. The van der Waals surface area contributed by atoms with Crippen LogP contribution in [0.15, 0.2) is 47.4 Å². The predicted molar refractivity (Wildman–Crippen MR) is 104 cm³/mol. The molecule has 2 aromatic carbocycles. The molecule has 8 heteroatoms. The Bertz CT molecular complexity index is 982. The van der Waals surface area contributed by atoms with Gasteiger partial charge in [-0.1, -0.05) is 17.7 Å². The van der Waals surface area contributed by atoms with Gasteiger partial charge in [0.1, 0.15) is 5.82 Å². The minimum absolute atomic E-state index is 0.0159. The van der Waals surface area contributed by atoms with Gasteiger partial charge in [-0.05, 0) is 62.1 Å². The van der Waals surface area contributed by atoms with Crippen LogP contribution in [-0.2, 0) is 16.6 Å². The third-order valence-electron chi connectivity index (χ3n) is 4.95. The fourth-order valence-electron chi connectivity index (χ4n) is 3.04. The van der Waals surface area contributed by atoms with E-state index in [-0.39, 0.29) is 40.0 Å². The summed E-state index contributed by atoms with van der Waals surface area (Å²) in [7, 11) is -3.57. The molecule has 1 N–H and O–H groups in total. The van der Waals surface area contributed by atoms with Crippen molar-refractivity contribution in [1.29, 1.82) is 0 Å². The molecule has 2 aliphatic rings. The second kappa shape index (κ2) is 7.46. The van der Waals surface area contributed by atoms with Gasteiger partial charge in [0.15, 0.2) is 0 Å². The van der Waals surface area contributed by atoms with E-state index in [2.05, 4.69) is 4.72 Å². The molecule has 0 bridgehead atoms. The minimum Gasteiger partial charge on any atom is -0.331 e. The van der Waals surface area contributed by atoms with E-state index < -0.39 is 15.8 Å². The van der Waals surface area contributed by atoms with Gasteiger partial charge in [0.25, 0.3) is 5.91 Å². The molecule has 148 valence electrons. The van der Waals surface area contributed by atoms with Crippen LogP contribution in [0.1, 0.15) is 41.6 Å². The number of benzene rings is 2. The molecular weight excluding hydrogens is 403 g/mol. The summed E-state index contributed by atoms with van der Waals surface area (Å²) in [6.07, 6.45) is 3.42. The van der Waals surface area contributed by atoms with Crippen molar-refractivity contribution in [3.05, 3.63) is 64.4 Å². The number of halogens is 2. The third kappa shape index (κ3) is 4.21. The maximum absolute atomic E-state index is 14.2. The molecule has 0 heterocycles. The topological polar surface area (TPSA) is 66.5 Å². The predicted octanol–water partition coefficient (Wildman–Crippen LogP) is 3.72. The smallest absolute Gasteiger partial charge is 0.254 e. The Labute approximate surface area is 168 Å². The number of hydrogen-bond donors (Lipinski definition) is 1. The minimum atomic E-state index is -3.57. The standard InChI is InChI=1S/C20H20ClFN2O3S/c21-18-2-1-3-19(22)17(18)12-24(15-8-9-15)20(25)13-4-10-16(11-5-13)28(26,27)23-14-6-7-14/h1-5,10-11,14-15,23H,6-9,12H2. The van der Waals surface area contributed by atoms with Gasteiger partial charge in [-0.15, -0.1) is 0 Å². The van der Waals surface area contributed by atoms with Crippen LogP contribution in [0.3, 0.4) is 0 Å². The first-order valence-corrected chi connectivity index (χ1v) is 11.1. The number of hydrogen-bond acceptors (Lipinski definition) is 3. The summed E-state index contributed by atoms with van der Waals surface area (Å²) in [5, 5.41) is 0.283. The highest BCUT2D eigenvalue weighted by Crippen LogP contribution is 2.32. The molecule has 0 spiro atoms. The average Bonchev–Trinajstić information content (AvgIpc) is 3.56. The van der Waals surface area contributed by atoms with Crippen molar-refractivity contribution in [3.8, 4) is 0 Å². The Morgan fingerprint density at radius 1 is 1.11 bits per heavy atom. The normalized spacial score (nSPS) is 16.8. The lowest BCUT2D eigenvalue weighted by Crippen LogP contribution is -2.33. The molecule has 0 aliphatic heterocycles. The average molecular weight is 423 g/mol. The van der Waals surface area contributed by atoms with Gasteiger partial charge in [-0.3, -0.25) is 4.79 Å². The van der Waals surface area contributed by atoms with Gasteiger partial charge in [0.05, 0.1) is 11.4 Å². The van der Waals surface area contributed by atoms with Crippen LogP contribution >= 0.6 is 11.6 Å². The van der Waals surface area contributed by atoms with E-state index in [9.17, 15) is 17.6 Å². The summed E-state index contributed by atoms with van der Waals surface area (Å²) in [5.74, 6) is -0.709. The van der Waals surface area contributed by atoms with Crippen LogP contribution in [0.5, 0.6) is 0 Å². The van der Waals surface area contributed by atoms with E-state index in [1.54, 1.807) is 11.0 Å². The van der Waals surface area contributed by atoms with Crippen molar-refractivity contribution in [1.82, 2.24) is 9.62 Å². The first-order valence-electron chi connectivity index (χ1n) is 9.21. The molecule has 5 nitrogen and oxygen atoms in total. The molecule has 2 fully saturated rings. The number of sulfonamides is 1. The van der Waals surface area contributed by atoms with Crippen molar-refractivity contribution in [2.24, 2.45) is 0 Å². The molecule has 0 aromatic heterocycles. The van der Waals surface area contributed by atoms with E-state index >= 15 is 0 Å². The van der Waals surface area contributed by atoms with Crippen molar-refractivity contribution in [2.75, 3.05) is 0 Å². The summed E-state index contributed by atoms with van der Waals surface area (Å²) in [6, 6.07) is 10.4. The summed E-state index contributed by atoms with van der Waals surface area (Å²) in [4.78, 5) is 14.7. The molecule has 2 aromatic rings. The molecule has 2 aliphatic carbocycles. The molecule has 28 heavy (non-hydrogen) atoms. The lowest BCUT2D eigenvalue weighted by atomic mass is 10.1. The summed E-state index contributed by atoms with van der Waals surface area (Å²) < 4.78 is 41.3. The van der Waals surface area contributed by atoms with Gasteiger partial charge >= 0.3 is 0 Å². The van der Waals surface area contributed by atoms with Crippen LogP contribution in [0, 0.1) is 5.82 Å². The second-order valence-electron chi connectivity index (χ2n) is 7.28. The van der Waals surface area contributed by atoms with Crippen LogP contribution in [0.2, 0.25) is 5.02 Å². The zero-order valence-electron chi connectivity index (χ0n) is 15.1. The van der Waals surface area contributed by atoms with Gasteiger partial charge < -0.3 is 4.90 Å². The Morgan fingerprint density at radius 3 is 2.36 bits per heavy atom. The SMILES string of the molecule is O=C(c1ccc(S(=O)(=O)NC2CC2)cc1)N(Cc1c(F)cccc1Cl)C1CC1. The maximum atomic E-state index is 14.2. The van der Waals surface area contributed by atoms with Gasteiger partial charge in [0, 0.05) is 28.2 Å². The quantitative estimate of drug-likeness (QED) is 0.739. The highest BCUT2D eigenvalue weighted by atomic mass is 35.5. The molecule has 2 saturated carbocycles. The zero-order valence-corrected chi connectivity index (χ0v) is 16.6. The zero-order chi connectivity index (χ0) is 19.9. The van der Waals surface area contributed by atoms with Crippen molar-refractivity contribution >= 4 is 27.5 Å². The second-order valence-corrected chi connectivity index (χ2v) is 9.41. The Kier molecular flexibility index (Phi) is 5.16. The summed E-state index contributed by atoms with van der Waals surface area (Å²) in [6.45, 7) is 0.0816. The number of carbonyl (C=O) groups is 1. The highest BCUT2D eigenvalue weighted by molar-refractivity contribution is 7.89. The number of carbonyl (C=O) groups excluding carboxylic acids is 1. The van der Waals surface area contributed by atoms with Gasteiger partial charge in [-0.25, -0.2) is 17.5 Å². The van der Waals surface area contributed by atoms with E-state index in [4.69, 9.17) is 11.6 Å². The first kappa shape index (κ1) is 19.4. The lowest BCUT2D eigenvalue weighted by molar-refractivity contribution is 0.0728. The van der Waals surface area contributed by atoms with E-state index in [0.717, 1.165) is 25.7 Å². The maximum Gasteiger partial charge on any atom is 0.254 e. The molecule has 4 rings (SSSR count). The summed E-state index contributed by atoms with van der Waals surface area (Å²) >= 11 is 6.12. The number of rotatable bonds is 7. The molecule has 0 saturated heterocycles. The van der Waals surface area contributed by atoms with Gasteiger partial charge in [0.2, 0.25) is 10.0 Å². The van der Waals surface area contributed by atoms with E-state index in [0.29, 0.717) is 5.56 Å². The molecular formula is C20H20ClFN2O3S. The highest BCUT2D eigenvalue weighted by Gasteiger charge is 2.34. The van der Waals surface area contributed by atoms with Crippen molar-refractivity contribution in [3.63, 3.8) is 0 Å². The fraction of sp³-hybridized carbons (Fsp3) is 0.350. The Hall–Kier alpha value is -1.96. The lowest BCUT2D eigenvalue weighted by Gasteiger charge is -2.23. The van der Waals surface area contributed by atoms with Crippen LogP contribution in [0.25, 0.3) is 0 Å². The third-order valence-corrected chi connectivity index (χ3v) is 6.84. The fourth-order valence-corrected chi connectivity index (χ4v) is 4.57. The van der Waals surface area contributed by atoms with E-state index in [1.807, 2.05) is 0 Å². The van der Waals surface area contributed by atoms with Crippen LogP contribution in [0.4, 0.5) is 4.39 Å². The molecule has 0 radical (unpaired) electrons. The van der Waals surface area contributed by atoms with Crippen LogP contribution < -0.4 is 4.72 Å². The first-order chi connectivity index (χ1) is 13.3.